The average molecular weight is 238 g/mol. The zero-order valence-electron chi connectivity index (χ0n) is 9.90. The SMILES string of the molecule is Nc1cccc(F)c1CN1CCCCC1CO. The number of halogens is 1. The third kappa shape index (κ3) is 2.76. The molecule has 1 atom stereocenters. The minimum atomic E-state index is -0.257. The van der Waals surface area contributed by atoms with Crippen LogP contribution in [0.25, 0.3) is 0 Å². The average Bonchev–Trinajstić information content (AvgIpc) is 2.34. The van der Waals surface area contributed by atoms with Crippen molar-refractivity contribution in [2.75, 3.05) is 18.9 Å². The number of nitrogens with two attached hydrogens (primary N) is 1. The molecule has 0 aromatic heterocycles. The summed E-state index contributed by atoms with van der Waals surface area (Å²) in [5.74, 6) is -0.257. The van der Waals surface area contributed by atoms with E-state index in [-0.39, 0.29) is 18.5 Å². The molecule has 3 nitrogen and oxygen atoms in total. The molecule has 3 N–H and O–H groups in total. The number of hydrogen-bond donors (Lipinski definition) is 2. The molecule has 1 heterocycles. The van der Waals surface area contributed by atoms with E-state index in [1.165, 1.54) is 6.07 Å². The van der Waals surface area contributed by atoms with Crippen molar-refractivity contribution >= 4 is 5.69 Å². The van der Waals surface area contributed by atoms with Crippen LogP contribution < -0.4 is 5.73 Å². The summed E-state index contributed by atoms with van der Waals surface area (Å²) in [5, 5.41) is 9.31. The molecule has 94 valence electrons. The number of anilines is 1. The summed E-state index contributed by atoms with van der Waals surface area (Å²) in [6.07, 6.45) is 3.21. The van der Waals surface area contributed by atoms with Gasteiger partial charge < -0.3 is 10.8 Å². The smallest absolute Gasteiger partial charge is 0.129 e. The molecule has 0 bridgehead atoms. The second kappa shape index (κ2) is 5.47. The molecule has 1 unspecified atom stereocenters. The van der Waals surface area contributed by atoms with E-state index in [0.717, 1.165) is 25.8 Å². The predicted octanol–water partition coefficient (Wildman–Crippen LogP) is 1.75. The van der Waals surface area contributed by atoms with Crippen molar-refractivity contribution in [1.29, 1.82) is 0 Å². The Morgan fingerprint density at radius 2 is 2.24 bits per heavy atom. The predicted molar refractivity (Wildman–Crippen MR) is 65.9 cm³/mol. The fourth-order valence-corrected chi connectivity index (χ4v) is 2.42. The largest absolute Gasteiger partial charge is 0.398 e. The van der Waals surface area contributed by atoms with Crippen LogP contribution >= 0.6 is 0 Å². The van der Waals surface area contributed by atoms with Gasteiger partial charge in [0.25, 0.3) is 0 Å². The molecule has 4 heteroatoms. The van der Waals surface area contributed by atoms with Gasteiger partial charge in [0.1, 0.15) is 5.82 Å². The standard InChI is InChI=1S/C13H19FN2O/c14-12-5-3-6-13(15)11(12)8-16-7-2-1-4-10(16)9-17/h3,5-6,10,17H,1-2,4,7-9,15H2. The number of aliphatic hydroxyl groups excluding tert-OH is 1. The maximum Gasteiger partial charge on any atom is 0.129 e. The highest BCUT2D eigenvalue weighted by atomic mass is 19.1. The topological polar surface area (TPSA) is 49.5 Å². The number of piperidine rings is 1. The number of nitrogens with zero attached hydrogens (tertiary/aromatic N) is 1. The Kier molecular flexibility index (Phi) is 3.97. The second-order valence-corrected chi connectivity index (χ2v) is 4.61. The molecular weight excluding hydrogens is 219 g/mol. The zero-order chi connectivity index (χ0) is 12.3. The Hall–Kier alpha value is -1.13. The van der Waals surface area contributed by atoms with Crippen LogP contribution in [-0.2, 0) is 6.54 Å². The number of benzene rings is 1. The number of aliphatic hydroxyl groups is 1. The molecule has 1 aliphatic rings. The fourth-order valence-electron chi connectivity index (χ4n) is 2.42. The van der Waals surface area contributed by atoms with Crippen molar-refractivity contribution in [1.82, 2.24) is 4.90 Å². The monoisotopic (exact) mass is 238 g/mol. The first-order valence-corrected chi connectivity index (χ1v) is 6.10. The Bertz CT molecular complexity index is 363. The summed E-state index contributed by atoms with van der Waals surface area (Å²) in [6, 6.07) is 4.91. The van der Waals surface area contributed by atoms with Crippen LogP contribution in [0.4, 0.5) is 10.1 Å². The Labute approximate surface area is 101 Å². The van der Waals surface area contributed by atoms with Crippen LogP contribution in [0, 0.1) is 5.82 Å². The maximum absolute atomic E-state index is 13.7. The second-order valence-electron chi connectivity index (χ2n) is 4.61. The van der Waals surface area contributed by atoms with Crippen molar-refractivity contribution in [3.63, 3.8) is 0 Å². The summed E-state index contributed by atoms with van der Waals surface area (Å²) < 4.78 is 13.7. The molecule has 0 saturated carbocycles. The van der Waals surface area contributed by atoms with Gasteiger partial charge in [-0.25, -0.2) is 4.39 Å². The van der Waals surface area contributed by atoms with E-state index in [1.54, 1.807) is 12.1 Å². The molecule has 0 aliphatic carbocycles. The molecule has 1 aliphatic heterocycles. The highest BCUT2D eigenvalue weighted by Gasteiger charge is 2.23. The molecule has 1 aromatic rings. The lowest BCUT2D eigenvalue weighted by Gasteiger charge is -2.34. The van der Waals surface area contributed by atoms with E-state index in [1.807, 2.05) is 0 Å². The first-order chi connectivity index (χ1) is 8.22. The maximum atomic E-state index is 13.7. The number of hydrogen-bond acceptors (Lipinski definition) is 3. The normalized spacial score (nSPS) is 21.6. The lowest BCUT2D eigenvalue weighted by Crippen LogP contribution is -2.41. The Morgan fingerprint density at radius 3 is 2.94 bits per heavy atom. The molecule has 17 heavy (non-hydrogen) atoms. The van der Waals surface area contributed by atoms with E-state index in [0.29, 0.717) is 17.8 Å². The summed E-state index contributed by atoms with van der Waals surface area (Å²) in [6.45, 7) is 1.52. The first kappa shape index (κ1) is 12.3. The minimum absolute atomic E-state index is 0.133. The van der Waals surface area contributed by atoms with Gasteiger partial charge in [0, 0.05) is 23.8 Å². The Balaban J connectivity index is 2.13. The van der Waals surface area contributed by atoms with Crippen molar-refractivity contribution in [2.24, 2.45) is 0 Å². The lowest BCUT2D eigenvalue weighted by molar-refractivity contribution is 0.0834. The molecule has 0 radical (unpaired) electrons. The molecule has 1 aromatic carbocycles. The van der Waals surface area contributed by atoms with Gasteiger partial charge in [0.2, 0.25) is 0 Å². The van der Waals surface area contributed by atoms with Crippen LogP contribution in [0.2, 0.25) is 0 Å². The number of nitrogen functional groups attached to an aromatic ring is 1. The third-order valence-electron chi connectivity index (χ3n) is 3.48. The van der Waals surface area contributed by atoms with Crippen LogP contribution in [0.15, 0.2) is 18.2 Å². The van der Waals surface area contributed by atoms with Crippen molar-refractivity contribution < 1.29 is 9.50 Å². The van der Waals surface area contributed by atoms with Gasteiger partial charge in [-0.05, 0) is 31.5 Å². The lowest BCUT2D eigenvalue weighted by atomic mass is 10.0. The summed E-state index contributed by atoms with van der Waals surface area (Å²) >= 11 is 0. The Morgan fingerprint density at radius 1 is 1.41 bits per heavy atom. The van der Waals surface area contributed by atoms with Crippen molar-refractivity contribution in [3.8, 4) is 0 Å². The first-order valence-electron chi connectivity index (χ1n) is 6.10. The van der Waals surface area contributed by atoms with Crippen molar-refractivity contribution in [2.45, 2.75) is 31.8 Å². The number of likely N-dealkylation sites (tertiary alicyclic amines) is 1. The molecule has 0 spiro atoms. The van der Waals surface area contributed by atoms with Gasteiger partial charge in [-0.1, -0.05) is 12.5 Å². The van der Waals surface area contributed by atoms with Crippen LogP contribution in [0.1, 0.15) is 24.8 Å². The quantitative estimate of drug-likeness (QED) is 0.789. The van der Waals surface area contributed by atoms with Crippen LogP contribution in [-0.4, -0.2) is 29.2 Å². The van der Waals surface area contributed by atoms with Crippen LogP contribution in [0.3, 0.4) is 0 Å². The van der Waals surface area contributed by atoms with E-state index in [4.69, 9.17) is 5.73 Å². The van der Waals surface area contributed by atoms with E-state index in [2.05, 4.69) is 4.90 Å². The van der Waals surface area contributed by atoms with Gasteiger partial charge in [0.15, 0.2) is 0 Å². The summed E-state index contributed by atoms with van der Waals surface area (Å²) in [5.41, 5.74) is 6.84. The van der Waals surface area contributed by atoms with Gasteiger partial charge in [-0.3, -0.25) is 4.90 Å². The zero-order valence-corrected chi connectivity index (χ0v) is 9.90. The fraction of sp³-hybridized carbons (Fsp3) is 0.538. The molecule has 2 rings (SSSR count). The van der Waals surface area contributed by atoms with Crippen molar-refractivity contribution in [3.05, 3.63) is 29.6 Å². The van der Waals surface area contributed by atoms with Crippen LogP contribution in [0.5, 0.6) is 0 Å². The highest BCUT2D eigenvalue weighted by Crippen LogP contribution is 2.23. The summed E-state index contributed by atoms with van der Waals surface area (Å²) in [4.78, 5) is 2.12. The molecule has 1 fully saturated rings. The van der Waals surface area contributed by atoms with E-state index >= 15 is 0 Å². The van der Waals surface area contributed by atoms with Gasteiger partial charge >= 0.3 is 0 Å². The third-order valence-corrected chi connectivity index (χ3v) is 3.48. The molecule has 1 saturated heterocycles. The summed E-state index contributed by atoms with van der Waals surface area (Å²) in [7, 11) is 0. The molecule has 0 amide bonds. The van der Waals surface area contributed by atoms with E-state index < -0.39 is 0 Å². The molecular formula is C13H19FN2O. The minimum Gasteiger partial charge on any atom is -0.398 e. The highest BCUT2D eigenvalue weighted by molar-refractivity contribution is 5.47. The van der Waals surface area contributed by atoms with E-state index in [9.17, 15) is 9.50 Å². The van der Waals surface area contributed by atoms with Gasteiger partial charge in [0.05, 0.1) is 6.61 Å². The van der Waals surface area contributed by atoms with Gasteiger partial charge in [-0.2, -0.15) is 0 Å². The van der Waals surface area contributed by atoms with Gasteiger partial charge in [-0.15, -0.1) is 0 Å². The number of rotatable bonds is 3.